The molecule has 0 aromatic rings. The first-order valence-corrected chi connectivity index (χ1v) is 13.8. The molecule has 1 aliphatic rings. The van der Waals surface area contributed by atoms with Gasteiger partial charge in [0.25, 0.3) is 0 Å². The van der Waals surface area contributed by atoms with Crippen LogP contribution in [0.2, 0.25) is 0 Å². The van der Waals surface area contributed by atoms with Crippen LogP contribution in [0.4, 0.5) is 0 Å². The largest absolute Gasteiger partial charge is 0.0654 e. The van der Waals surface area contributed by atoms with Gasteiger partial charge in [-0.3, -0.25) is 0 Å². The molecule has 1 rings (SSSR count). The Kier molecular flexibility index (Phi) is 36.9. The molecular weight excluding hydrogens is 372 g/mol. The van der Waals surface area contributed by atoms with Gasteiger partial charge in [-0.25, -0.2) is 0 Å². The van der Waals surface area contributed by atoms with Crippen LogP contribution in [-0.2, 0) is 0 Å². The van der Waals surface area contributed by atoms with Crippen molar-refractivity contribution in [3.05, 3.63) is 0 Å². The van der Waals surface area contributed by atoms with Crippen LogP contribution in [0.15, 0.2) is 0 Å². The molecule has 0 aromatic carbocycles. The molecule has 0 spiro atoms. The highest BCUT2D eigenvalue weighted by Gasteiger charge is 2.23. The minimum absolute atomic E-state index is 0.132. The fourth-order valence-electron chi connectivity index (χ4n) is 1.34. The first-order valence-electron chi connectivity index (χ1n) is 14.8. The zero-order valence-electron chi connectivity index (χ0n) is 27.8. The fraction of sp³-hybridized carbons (Fsp3) is 1.00. The molecule has 0 unspecified atom stereocenters. The fourth-order valence-corrected chi connectivity index (χ4v) is 1.34. The van der Waals surface area contributed by atoms with Crippen molar-refractivity contribution in [2.24, 2.45) is 41.4 Å². The summed E-state index contributed by atoms with van der Waals surface area (Å²) in [6, 6.07) is 0. The van der Waals surface area contributed by atoms with E-state index in [9.17, 15) is 0 Å². The maximum atomic E-state index is 7.05. The highest BCUT2D eigenvalue weighted by Crippen LogP contribution is 2.35. The first-order chi connectivity index (χ1) is 14.8. The minimum Gasteiger partial charge on any atom is -0.0654 e. The first kappa shape index (κ1) is 35.6. The maximum absolute atomic E-state index is 7.05. The molecule has 0 aromatic heterocycles. The van der Waals surface area contributed by atoms with Crippen LogP contribution < -0.4 is 0 Å². The van der Waals surface area contributed by atoms with Crippen LogP contribution in [-0.4, -0.2) is 0 Å². The predicted molar refractivity (Wildman–Crippen MR) is 153 cm³/mol. The monoisotopic (exact) mass is 447 g/mol. The molecule has 1 saturated carbocycles. The van der Waals surface area contributed by atoms with Crippen molar-refractivity contribution in [1.29, 1.82) is 0 Å². The van der Waals surface area contributed by atoms with E-state index in [0.29, 0.717) is 0 Å². The Bertz CT molecular complexity index is 308. The third-order valence-corrected chi connectivity index (χ3v) is 4.64. The van der Waals surface area contributed by atoms with Gasteiger partial charge in [0.2, 0.25) is 0 Å². The van der Waals surface area contributed by atoms with Crippen LogP contribution in [0.1, 0.15) is 165 Å². The Morgan fingerprint density at radius 1 is 0.581 bits per heavy atom. The Labute approximate surface area is 207 Å². The predicted octanol–water partition coefficient (Wildman–Crippen LogP) is 12.3. The lowest BCUT2D eigenvalue weighted by molar-refractivity contribution is 0.563. The number of hydrogen-bond donors (Lipinski definition) is 0. The summed E-state index contributed by atoms with van der Waals surface area (Å²) in [7, 11) is 0. The molecule has 0 aliphatic heterocycles. The van der Waals surface area contributed by atoms with Gasteiger partial charge in [0.1, 0.15) is 0 Å². The zero-order chi connectivity index (χ0) is 27.8. The molecule has 1 fully saturated rings. The molecule has 0 N–H and O–H groups in total. The maximum Gasteiger partial charge on any atom is 0.0266 e. The van der Waals surface area contributed by atoms with Gasteiger partial charge in [-0.1, -0.05) is 150 Å². The number of rotatable bonds is 6. The highest BCUT2D eigenvalue weighted by atomic mass is 14.3. The second-order valence-electron chi connectivity index (χ2n) is 11.5. The van der Waals surface area contributed by atoms with Crippen LogP contribution in [0.3, 0.4) is 0 Å². The van der Waals surface area contributed by atoms with Gasteiger partial charge in [-0.15, -0.1) is 0 Å². The third-order valence-electron chi connectivity index (χ3n) is 4.64. The van der Waals surface area contributed by atoms with Crippen molar-refractivity contribution in [2.75, 3.05) is 0 Å². The van der Waals surface area contributed by atoms with E-state index in [0.717, 1.165) is 35.5 Å². The minimum atomic E-state index is -1.00. The second kappa shape index (κ2) is 32.2. The van der Waals surface area contributed by atoms with E-state index in [-0.39, 0.29) is 5.92 Å². The molecule has 0 heteroatoms. The topological polar surface area (TPSA) is 0 Å². The van der Waals surface area contributed by atoms with E-state index in [4.69, 9.17) is 2.74 Å². The molecule has 0 amide bonds. The van der Waals surface area contributed by atoms with Crippen molar-refractivity contribution in [1.82, 2.24) is 0 Å². The van der Waals surface area contributed by atoms with Crippen molar-refractivity contribution in [3.8, 4) is 0 Å². The summed E-state index contributed by atoms with van der Waals surface area (Å²) in [6.45, 7) is 36.5. The molecule has 0 heterocycles. The molecule has 0 saturated heterocycles. The Balaban J connectivity index is -0.0000000959. The Morgan fingerprint density at radius 3 is 0.839 bits per heavy atom. The molecule has 0 radical (unpaired) electrons. The van der Waals surface area contributed by atoms with Crippen LogP contribution in [0, 0.1) is 41.4 Å². The number of hydrogen-bond acceptors (Lipinski definition) is 0. The summed E-state index contributed by atoms with van der Waals surface area (Å²) >= 11 is 0. The van der Waals surface area contributed by atoms with E-state index in [2.05, 4.69) is 96.9 Å². The summed E-state index contributed by atoms with van der Waals surface area (Å²) in [6.07, 6.45) is 7.31. The van der Waals surface area contributed by atoms with E-state index < -0.39 is 6.37 Å². The molecular formula is C31H72. The van der Waals surface area contributed by atoms with Crippen LogP contribution >= 0.6 is 0 Å². The molecule has 1 aliphatic carbocycles. The third kappa shape index (κ3) is 91.9. The van der Waals surface area contributed by atoms with Crippen molar-refractivity contribution >= 4 is 0 Å². The van der Waals surface area contributed by atoms with Gasteiger partial charge >= 0.3 is 0 Å². The summed E-state index contributed by atoms with van der Waals surface area (Å²) in [5.74, 6) is 5.70. The molecule has 31 heavy (non-hydrogen) atoms. The average Bonchev–Trinajstić information content (AvgIpc) is 3.47. The smallest absolute Gasteiger partial charge is 0.0266 e. The Hall–Kier alpha value is 0. The lowest BCUT2D eigenvalue weighted by Gasteiger charge is -1.95. The van der Waals surface area contributed by atoms with Crippen molar-refractivity contribution in [3.63, 3.8) is 0 Å². The van der Waals surface area contributed by atoms with Gasteiger partial charge < -0.3 is 0 Å². The summed E-state index contributed by atoms with van der Waals surface area (Å²) in [5.41, 5.74) is 0. The molecule has 0 bridgehead atoms. The Morgan fingerprint density at radius 2 is 0.839 bits per heavy atom. The van der Waals surface area contributed by atoms with Gasteiger partial charge in [0, 0.05) is 2.74 Å². The van der Waals surface area contributed by atoms with E-state index >= 15 is 0 Å². The molecule has 0 atom stereocenters. The zero-order valence-corrected chi connectivity index (χ0v) is 25.8. The highest BCUT2D eigenvalue weighted by molar-refractivity contribution is 4.75. The summed E-state index contributed by atoms with van der Waals surface area (Å²) in [5, 5.41) is 0. The molecule has 196 valence electrons. The standard InChI is InChI=1S/C6H12.C6H14.3C5H12.C4H10/c1-5(2)6-3-4-6;1-4-5-6(2)3;3*1-4-5(2)3;1-4(2)3/h5-6H,3-4H2,1-2H3;6H,4-5H2,1-3H3;3*5H,4H2,1-3H3;4H,1-3H3/i;;4D2;;;. The van der Waals surface area contributed by atoms with Crippen LogP contribution in [0.5, 0.6) is 0 Å². The lowest BCUT2D eigenvalue weighted by atomic mass is 10.1. The van der Waals surface area contributed by atoms with E-state index in [1.54, 1.807) is 6.92 Å². The van der Waals surface area contributed by atoms with Gasteiger partial charge in [0.05, 0.1) is 0 Å². The molecule has 0 nitrogen and oxygen atoms in total. The quantitative estimate of drug-likeness (QED) is 0.380. The van der Waals surface area contributed by atoms with Crippen molar-refractivity contribution < 1.29 is 2.74 Å². The second-order valence-corrected chi connectivity index (χ2v) is 11.5. The SMILES string of the molecule is CC(C)C.CC(C)C1CC1.CCC(C)C.CCC(C)C.CCCC(C)C.[2H]C([2H])(C)C(C)C. The summed E-state index contributed by atoms with van der Waals surface area (Å²) < 4.78 is 14.1. The van der Waals surface area contributed by atoms with Gasteiger partial charge in [-0.05, 0) is 54.3 Å². The van der Waals surface area contributed by atoms with Gasteiger partial charge in [-0.2, -0.15) is 0 Å². The average molecular weight is 447 g/mol. The normalized spacial score (nSPS) is 13.5. The van der Waals surface area contributed by atoms with E-state index in [1.165, 1.54) is 38.5 Å². The van der Waals surface area contributed by atoms with Crippen LogP contribution in [0.25, 0.3) is 0 Å². The summed E-state index contributed by atoms with van der Waals surface area (Å²) in [4.78, 5) is 0. The van der Waals surface area contributed by atoms with Crippen molar-refractivity contribution in [2.45, 2.75) is 163 Å². The lowest BCUT2D eigenvalue weighted by Crippen LogP contribution is -1.85. The van der Waals surface area contributed by atoms with E-state index in [1.807, 2.05) is 13.8 Å². The van der Waals surface area contributed by atoms with Gasteiger partial charge in [0.15, 0.2) is 0 Å².